The Morgan fingerprint density at radius 1 is 1.33 bits per heavy atom. The minimum absolute atomic E-state index is 0.265. The maximum atomic E-state index is 10.7. The fourth-order valence-corrected chi connectivity index (χ4v) is 2.55. The molecule has 21 heavy (non-hydrogen) atoms. The molecule has 0 saturated heterocycles. The van der Waals surface area contributed by atoms with Gasteiger partial charge in [-0.15, -0.1) is 0 Å². The summed E-state index contributed by atoms with van der Waals surface area (Å²) in [6.07, 6.45) is -0.555. The molecule has 0 bridgehead atoms. The Morgan fingerprint density at radius 2 is 1.95 bits per heavy atom. The Bertz CT molecular complexity index is 556. The van der Waals surface area contributed by atoms with Gasteiger partial charge >= 0.3 is 0 Å². The molecule has 1 unspecified atom stereocenters. The van der Waals surface area contributed by atoms with Crippen molar-refractivity contribution in [1.82, 2.24) is 5.32 Å². The van der Waals surface area contributed by atoms with Crippen LogP contribution in [0.25, 0.3) is 0 Å². The van der Waals surface area contributed by atoms with Crippen molar-refractivity contribution in [2.75, 3.05) is 19.4 Å². The Labute approximate surface area is 125 Å². The van der Waals surface area contributed by atoms with E-state index in [1.165, 1.54) is 7.11 Å². The van der Waals surface area contributed by atoms with Gasteiger partial charge in [-0.05, 0) is 32.9 Å². The van der Waals surface area contributed by atoms with E-state index in [1.54, 1.807) is 12.1 Å². The molecule has 1 rings (SSSR count). The molecule has 0 spiro atoms. The van der Waals surface area contributed by atoms with Crippen LogP contribution in [0.15, 0.2) is 24.3 Å². The van der Waals surface area contributed by atoms with Gasteiger partial charge in [0.2, 0.25) is 0 Å². The van der Waals surface area contributed by atoms with Gasteiger partial charge in [-0.25, -0.2) is 0 Å². The zero-order valence-electron chi connectivity index (χ0n) is 12.5. The van der Waals surface area contributed by atoms with E-state index in [4.69, 9.17) is 9.29 Å². The summed E-state index contributed by atoms with van der Waals surface area (Å²) in [5.74, 6) is 0.290. The number of benzene rings is 1. The lowest BCUT2D eigenvalue weighted by Crippen LogP contribution is -2.45. The summed E-state index contributed by atoms with van der Waals surface area (Å²) in [7, 11) is -2.41. The van der Waals surface area contributed by atoms with Crippen LogP contribution in [-0.2, 0) is 10.1 Å². The summed E-state index contributed by atoms with van der Waals surface area (Å²) in [6.45, 7) is 3.99. The van der Waals surface area contributed by atoms with Gasteiger partial charge in [0.25, 0.3) is 10.1 Å². The molecule has 1 aromatic carbocycles. The third-order valence-corrected chi connectivity index (χ3v) is 4.08. The molecule has 0 saturated carbocycles. The highest BCUT2D eigenvalue weighted by Crippen LogP contribution is 2.31. The normalized spacial score (nSPS) is 14.0. The Balaban J connectivity index is 2.68. The first-order valence-corrected chi connectivity index (χ1v) is 8.29. The fourth-order valence-electron chi connectivity index (χ4n) is 2.04. The van der Waals surface area contributed by atoms with Crippen molar-refractivity contribution in [3.63, 3.8) is 0 Å². The zero-order valence-corrected chi connectivity index (χ0v) is 13.4. The summed E-state index contributed by atoms with van der Waals surface area (Å²) in [5.41, 5.74) is -0.0132. The Hall–Kier alpha value is -1.15. The molecule has 3 N–H and O–H groups in total. The van der Waals surface area contributed by atoms with Crippen LogP contribution in [0.4, 0.5) is 0 Å². The van der Waals surface area contributed by atoms with E-state index in [1.807, 2.05) is 26.0 Å². The van der Waals surface area contributed by atoms with Gasteiger partial charge < -0.3 is 15.2 Å². The monoisotopic (exact) mass is 317 g/mol. The molecule has 0 fully saturated rings. The van der Waals surface area contributed by atoms with Crippen molar-refractivity contribution in [1.29, 1.82) is 0 Å². The summed E-state index contributed by atoms with van der Waals surface area (Å²) < 4.78 is 35.2. The standard InChI is InChI=1S/C14H23NO5S/c1-14(2,15-9-6-10-21(17,18)19)13(16)11-7-4-5-8-12(11)20-3/h4-5,7-8,13,15-16H,6,9-10H2,1-3H3,(H,17,18,19). The highest BCUT2D eigenvalue weighted by molar-refractivity contribution is 7.85. The van der Waals surface area contributed by atoms with Gasteiger partial charge in [0, 0.05) is 11.1 Å². The van der Waals surface area contributed by atoms with Gasteiger partial charge in [-0.3, -0.25) is 4.55 Å². The number of para-hydroxylation sites is 1. The number of hydrogen-bond donors (Lipinski definition) is 3. The van der Waals surface area contributed by atoms with Crippen molar-refractivity contribution in [3.8, 4) is 5.75 Å². The van der Waals surface area contributed by atoms with E-state index < -0.39 is 21.8 Å². The molecule has 1 atom stereocenters. The molecular weight excluding hydrogens is 294 g/mol. The average Bonchev–Trinajstić information content (AvgIpc) is 2.41. The second-order valence-corrected chi connectivity index (χ2v) is 7.00. The molecule has 0 aliphatic rings. The van der Waals surface area contributed by atoms with E-state index in [2.05, 4.69) is 5.32 Å². The first kappa shape index (κ1) is 17.9. The van der Waals surface area contributed by atoms with E-state index in [0.717, 1.165) is 0 Å². The maximum Gasteiger partial charge on any atom is 0.264 e. The molecule has 6 nitrogen and oxygen atoms in total. The third kappa shape index (κ3) is 5.62. The van der Waals surface area contributed by atoms with Gasteiger partial charge in [-0.2, -0.15) is 8.42 Å². The van der Waals surface area contributed by atoms with Crippen LogP contribution in [-0.4, -0.2) is 43.0 Å². The van der Waals surface area contributed by atoms with Crippen LogP contribution in [0.1, 0.15) is 31.9 Å². The van der Waals surface area contributed by atoms with Gasteiger partial charge in [0.05, 0.1) is 12.9 Å². The first-order chi connectivity index (χ1) is 9.67. The number of hydrogen-bond acceptors (Lipinski definition) is 5. The minimum atomic E-state index is -3.95. The van der Waals surface area contributed by atoms with Gasteiger partial charge in [-0.1, -0.05) is 18.2 Å². The average molecular weight is 317 g/mol. The van der Waals surface area contributed by atoms with Crippen molar-refractivity contribution < 1.29 is 22.8 Å². The van der Waals surface area contributed by atoms with Crippen LogP contribution < -0.4 is 10.1 Å². The fraction of sp³-hybridized carbons (Fsp3) is 0.571. The molecule has 0 aliphatic carbocycles. The molecule has 120 valence electrons. The topological polar surface area (TPSA) is 95.9 Å². The molecule has 0 radical (unpaired) electrons. The zero-order chi connectivity index (χ0) is 16.1. The van der Waals surface area contributed by atoms with Crippen LogP contribution in [0.2, 0.25) is 0 Å². The lowest BCUT2D eigenvalue weighted by molar-refractivity contribution is 0.0782. The second kappa shape index (κ2) is 7.22. The lowest BCUT2D eigenvalue weighted by Gasteiger charge is -2.33. The largest absolute Gasteiger partial charge is 0.496 e. The molecule has 0 amide bonds. The van der Waals surface area contributed by atoms with Crippen LogP contribution in [0.3, 0.4) is 0 Å². The lowest BCUT2D eigenvalue weighted by atomic mass is 9.90. The van der Waals surface area contributed by atoms with Crippen molar-refractivity contribution in [2.24, 2.45) is 0 Å². The number of nitrogens with one attached hydrogen (secondary N) is 1. The number of methoxy groups -OCH3 is 1. The van der Waals surface area contributed by atoms with E-state index >= 15 is 0 Å². The summed E-state index contributed by atoms with van der Waals surface area (Å²) in [5, 5.41) is 13.6. The molecular formula is C14H23NO5S. The smallest absolute Gasteiger partial charge is 0.264 e. The summed E-state index contributed by atoms with van der Waals surface area (Å²) in [6, 6.07) is 7.19. The SMILES string of the molecule is COc1ccccc1C(O)C(C)(C)NCCCS(=O)(=O)O. The Morgan fingerprint density at radius 3 is 2.52 bits per heavy atom. The maximum absolute atomic E-state index is 10.7. The molecule has 0 aromatic heterocycles. The highest BCUT2D eigenvalue weighted by Gasteiger charge is 2.30. The van der Waals surface area contributed by atoms with E-state index in [0.29, 0.717) is 17.9 Å². The minimum Gasteiger partial charge on any atom is -0.496 e. The number of ether oxygens (including phenoxy) is 1. The molecule has 7 heteroatoms. The molecule has 0 aliphatic heterocycles. The van der Waals surface area contributed by atoms with Gasteiger partial charge in [0.1, 0.15) is 11.9 Å². The predicted molar refractivity (Wildman–Crippen MR) is 81.1 cm³/mol. The van der Waals surface area contributed by atoms with Crippen LogP contribution in [0, 0.1) is 0 Å². The second-order valence-electron chi connectivity index (χ2n) is 5.43. The number of aliphatic hydroxyl groups is 1. The quantitative estimate of drug-likeness (QED) is 0.495. The molecule has 1 aromatic rings. The van der Waals surface area contributed by atoms with Crippen molar-refractivity contribution in [2.45, 2.75) is 31.9 Å². The highest BCUT2D eigenvalue weighted by atomic mass is 32.2. The Kier molecular flexibility index (Phi) is 6.15. The number of rotatable bonds is 8. The third-order valence-electron chi connectivity index (χ3n) is 3.28. The van der Waals surface area contributed by atoms with Crippen LogP contribution in [0.5, 0.6) is 5.75 Å². The van der Waals surface area contributed by atoms with Crippen LogP contribution >= 0.6 is 0 Å². The van der Waals surface area contributed by atoms with E-state index in [-0.39, 0.29) is 12.2 Å². The number of aliphatic hydroxyl groups excluding tert-OH is 1. The molecule has 0 heterocycles. The first-order valence-electron chi connectivity index (χ1n) is 6.68. The van der Waals surface area contributed by atoms with E-state index in [9.17, 15) is 13.5 Å². The predicted octanol–water partition coefficient (Wildman–Crippen LogP) is 1.37. The summed E-state index contributed by atoms with van der Waals surface area (Å²) in [4.78, 5) is 0. The summed E-state index contributed by atoms with van der Waals surface area (Å²) >= 11 is 0. The van der Waals surface area contributed by atoms with Crippen molar-refractivity contribution >= 4 is 10.1 Å². The van der Waals surface area contributed by atoms with Gasteiger partial charge in [0.15, 0.2) is 0 Å². The van der Waals surface area contributed by atoms with Crippen molar-refractivity contribution in [3.05, 3.63) is 29.8 Å².